The van der Waals surface area contributed by atoms with Gasteiger partial charge in [-0.3, -0.25) is 4.79 Å². The molecule has 0 aromatic heterocycles. The van der Waals surface area contributed by atoms with Crippen molar-refractivity contribution in [3.63, 3.8) is 0 Å². The van der Waals surface area contributed by atoms with E-state index in [1.165, 1.54) is 0 Å². The second-order valence-electron chi connectivity index (χ2n) is 3.17. The summed E-state index contributed by atoms with van der Waals surface area (Å²) in [6, 6.07) is 6.63. The van der Waals surface area contributed by atoms with Gasteiger partial charge in [0, 0.05) is 6.54 Å². The van der Waals surface area contributed by atoms with E-state index in [0.29, 0.717) is 13.0 Å². The van der Waals surface area contributed by atoms with E-state index in [9.17, 15) is 4.79 Å². The molecule has 0 aliphatic heterocycles. The Morgan fingerprint density at radius 3 is 2.38 bits per heavy atom. The van der Waals surface area contributed by atoms with E-state index in [2.05, 4.69) is 0 Å². The van der Waals surface area contributed by atoms with Crippen LogP contribution < -0.4 is 11.5 Å². The molecule has 1 aromatic rings. The SMILES string of the molecule is Cl.Cl.NCc1cccc(C[C@@H](N)C(=O)O)c1. The lowest BCUT2D eigenvalue weighted by Gasteiger charge is -2.07. The van der Waals surface area contributed by atoms with Crippen LogP contribution in [0.3, 0.4) is 0 Å². The Balaban J connectivity index is 0. The van der Waals surface area contributed by atoms with Crippen molar-refractivity contribution in [2.24, 2.45) is 11.5 Å². The third kappa shape index (κ3) is 5.32. The minimum atomic E-state index is -0.983. The minimum absolute atomic E-state index is 0. The molecule has 0 unspecified atom stereocenters. The van der Waals surface area contributed by atoms with Crippen molar-refractivity contribution in [2.75, 3.05) is 0 Å². The van der Waals surface area contributed by atoms with Gasteiger partial charge in [-0.15, -0.1) is 24.8 Å². The first kappa shape index (κ1) is 17.6. The molecule has 0 saturated heterocycles. The van der Waals surface area contributed by atoms with E-state index in [1.807, 2.05) is 24.3 Å². The van der Waals surface area contributed by atoms with Gasteiger partial charge >= 0.3 is 5.97 Å². The standard InChI is InChI=1S/C10H14N2O2.2ClH/c11-6-8-3-1-2-7(4-8)5-9(12)10(13)14;;/h1-4,9H,5-6,11-12H2,(H,13,14);2*1H/t9-;;/m1../s1. The molecule has 16 heavy (non-hydrogen) atoms. The van der Waals surface area contributed by atoms with Crippen LogP contribution >= 0.6 is 24.8 Å². The van der Waals surface area contributed by atoms with Gasteiger partial charge in [0.1, 0.15) is 6.04 Å². The van der Waals surface area contributed by atoms with Gasteiger partial charge in [0.05, 0.1) is 0 Å². The fourth-order valence-corrected chi connectivity index (χ4v) is 1.22. The maximum absolute atomic E-state index is 10.5. The molecule has 0 spiro atoms. The predicted octanol–water partition coefficient (Wildman–Crippen LogP) is 0.943. The third-order valence-electron chi connectivity index (χ3n) is 2.00. The molecule has 1 aromatic carbocycles. The summed E-state index contributed by atoms with van der Waals surface area (Å²) < 4.78 is 0. The molecule has 0 bridgehead atoms. The van der Waals surface area contributed by atoms with Crippen LogP contribution in [0.15, 0.2) is 24.3 Å². The molecule has 0 saturated carbocycles. The van der Waals surface area contributed by atoms with Crippen LogP contribution in [0.4, 0.5) is 0 Å². The summed E-state index contributed by atoms with van der Waals surface area (Å²) in [7, 11) is 0. The van der Waals surface area contributed by atoms with Crippen LogP contribution in [0.1, 0.15) is 11.1 Å². The fraction of sp³-hybridized carbons (Fsp3) is 0.300. The zero-order chi connectivity index (χ0) is 10.6. The number of carboxylic acid groups (broad SMARTS) is 1. The van der Waals surface area contributed by atoms with E-state index >= 15 is 0 Å². The average molecular weight is 267 g/mol. The van der Waals surface area contributed by atoms with E-state index in [1.54, 1.807) is 0 Å². The number of aliphatic carboxylic acids is 1. The first-order chi connectivity index (χ1) is 6.63. The summed E-state index contributed by atoms with van der Waals surface area (Å²) in [6.07, 6.45) is 0.336. The summed E-state index contributed by atoms with van der Waals surface area (Å²) >= 11 is 0. The fourth-order valence-electron chi connectivity index (χ4n) is 1.22. The molecule has 0 fully saturated rings. The van der Waals surface area contributed by atoms with Gasteiger partial charge in [-0.1, -0.05) is 24.3 Å². The second-order valence-corrected chi connectivity index (χ2v) is 3.17. The van der Waals surface area contributed by atoms with Crippen molar-refractivity contribution in [1.82, 2.24) is 0 Å². The van der Waals surface area contributed by atoms with Gasteiger partial charge in [-0.05, 0) is 17.5 Å². The number of nitrogens with two attached hydrogens (primary N) is 2. The second kappa shape index (κ2) is 8.35. The molecule has 0 heterocycles. The Morgan fingerprint density at radius 2 is 1.88 bits per heavy atom. The van der Waals surface area contributed by atoms with Gasteiger partial charge in [0.2, 0.25) is 0 Å². The van der Waals surface area contributed by atoms with Crippen LogP contribution in [-0.2, 0) is 17.8 Å². The van der Waals surface area contributed by atoms with Crippen LogP contribution in [0.5, 0.6) is 0 Å². The van der Waals surface area contributed by atoms with E-state index in [0.717, 1.165) is 11.1 Å². The highest BCUT2D eigenvalue weighted by atomic mass is 35.5. The predicted molar refractivity (Wildman–Crippen MR) is 68.1 cm³/mol. The molecule has 1 atom stereocenters. The maximum atomic E-state index is 10.5. The number of hydrogen-bond donors (Lipinski definition) is 3. The highest BCUT2D eigenvalue weighted by molar-refractivity contribution is 5.85. The number of rotatable bonds is 4. The Kier molecular flexibility index (Phi) is 9.18. The number of carboxylic acids is 1. The largest absolute Gasteiger partial charge is 0.480 e. The molecule has 0 amide bonds. The lowest BCUT2D eigenvalue weighted by Crippen LogP contribution is -2.32. The van der Waals surface area contributed by atoms with Crippen LogP contribution in [0.25, 0.3) is 0 Å². The lowest BCUT2D eigenvalue weighted by molar-refractivity contribution is -0.138. The number of hydrogen-bond acceptors (Lipinski definition) is 3. The maximum Gasteiger partial charge on any atom is 0.320 e. The summed E-state index contributed by atoms with van der Waals surface area (Å²) in [6.45, 7) is 0.455. The molecule has 0 aliphatic rings. The number of carbonyl (C=O) groups is 1. The highest BCUT2D eigenvalue weighted by Crippen LogP contribution is 2.06. The topological polar surface area (TPSA) is 89.3 Å². The first-order valence-electron chi connectivity index (χ1n) is 4.39. The van der Waals surface area contributed by atoms with Gasteiger partial charge in [0.15, 0.2) is 0 Å². The molecule has 1 rings (SSSR count). The highest BCUT2D eigenvalue weighted by Gasteiger charge is 2.11. The Morgan fingerprint density at radius 1 is 1.31 bits per heavy atom. The van der Waals surface area contributed by atoms with Crippen molar-refractivity contribution in [2.45, 2.75) is 19.0 Å². The Bertz CT molecular complexity index is 334. The molecule has 92 valence electrons. The lowest BCUT2D eigenvalue weighted by atomic mass is 10.0. The zero-order valence-corrected chi connectivity index (χ0v) is 10.3. The molecular formula is C10H16Cl2N2O2. The number of halogens is 2. The quantitative estimate of drug-likeness (QED) is 0.757. The van der Waals surface area contributed by atoms with Crippen LogP contribution in [-0.4, -0.2) is 17.1 Å². The number of benzene rings is 1. The average Bonchev–Trinajstić information content (AvgIpc) is 2.18. The summed E-state index contributed by atoms with van der Waals surface area (Å²) in [5, 5.41) is 8.62. The van der Waals surface area contributed by atoms with E-state index in [-0.39, 0.29) is 24.8 Å². The van der Waals surface area contributed by atoms with Gasteiger partial charge in [0.25, 0.3) is 0 Å². The molecular weight excluding hydrogens is 251 g/mol. The molecule has 6 heteroatoms. The summed E-state index contributed by atoms with van der Waals surface area (Å²) in [5.41, 5.74) is 12.8. The zero-order valence-electron chi connectivity index (χ0n) is 8.63. The molecule has 0 aliphatic carbocycles. The Hall–Kier alpha value is -0.810. The molecule has 0 radical (unpaired) electrons. The normalized spacial score (nSPS) is 10.9. The monoisotopic (exact) mass is 266 g/mol. The van der Waals surface area contributed by atoms with Crippen molar-refractivity contribution < 1.29 is 9.90 Å². The van der Waals surface area contributed by atoms with Crippen molar-refractivity contribution in [3.05, 3.63) is 35.4 Å². The van der Waals surface area contributed by atoms with Gasteiger partial charge in [-0.25, -0.2) is 0 Å². The van der Waals surface area contributed by atoms with Crippen LogP contribution in [0.2, 0.25) is 0 Å². The smallest absolute Gasteiger partial charge is 0.320 e. The molecule has 5 N–H and O–H groups in total. The van der Waals surface area contributed by atoms with Gasteiger partial charge in [-0.2, -0.15) is 0 Å². The Labute approximate surface area is 107 Å². The van der Waals surface area contributed by atoms with E-state index < -0.39 is 12.0 Å². The van der Waals surface area contributed by atoms with E-state index in [4.69, 9.17) is 16.6 Å². The summed E-state index contributed by atoms with van der Waals surface area (Å²) in [5.74, 6) is -0.983. The third-order valence-corrected chi connectivity index (χ3v) is 2.00. The summed E-state index contributed by atoms with van der Waals surface area (Å²) in [4.78, 5) is 10.5. The molecule has 4 nitrogen and oxygen atoms in total. The van der Waals surface area contributed by atoms with Gasteiger partial charge < -0.3 is 16.6 Å². The first-order valence-corrected chi connectivity index (χ1v) is 4.39. The van der Waals surface area contributed by atoms with Crippen molar-refractivity contribution >= 4 is 30.8 Å². The minimum Gasteiger partial charge on any atom is -0.480 e. The van der Waals surface area contributed by atoms with Crippen molar-refractivity contribution in [3.8, 4) is 0 Å². The van der Waals surface area contributed by atoms with Crippen molar-refractivity contribution in [1.29, 1.82) is 0 Å². The van der Waals surface area contributed by atoms with Crippen LogP contribution in [0, 0.1) is 0 Å².